The molecule has 0 fully saturated rings. The van der Waals surface area contributed by atoms with Gasteiger partial charge in [-0.3, -0.25) is 0 Å². The molecule has 0 aliphatic heterocycles. The second-order valence-corrected chi connectivity index (χ2v) is 4.23. The van der Waals surface area contributed by atoms with Crippen LogP contribution in [-0.4, -0.2) is 19.2 Å². The summed E-state index contributed by atoms with van der Waals surface area (Å²) in [7, 11) is -3.92. The van der Waals surface area contributed by atoms with Gasteiger partial charge >= 0.3 is 0 Å². The summed E-state index contributed by atoms with van der Waals surface area (Å²) in [6.45, 7) is 3.31. The number of aryl methyl sites for hydroxylation is 1. The number of aromatic nitrogens is 1. The molecule has 5 heteroatoms. The molecule has 14 heavy (non-hydrogen) atoms. The zero-order valence-corrected chi connectivity index (χ0v) is 9.20. The normalized spacial score (nSPS) is 10.2. The van der Waals surface area contributed by atoms with Crippen molar-refractivity contribution in [2.24, 2.45) is 0 Å². The molecule has 80 valence electrons. The van der Waals surface area contributed by atoms with Crippen molar-refractivity contribution in [3.8, 4) is 0 Å². The van der Waals surface area contributed by atoms with Gasteiger partial charge in [-0.15, -0.1) is 0 Å². The van der Waals surface area contributed by atoms with Gasteiger partial charge < -0.3 is 4.55 Å². The molecule has 0 bridgehead atoms. The minimum atomic E-state index is -3.92. The molecule has 1 aromatic heterocycles. The Morgan fingerprint density at radius 2 is 1.64 bits per heavy atom. The average Bonchev–Trinajstić information content (AvgIpc) is 2.03. The maximum absolute atomic E-state index is 9.08. The van der Waals surface area contributed by atoms with Crippen LogP contribution in [0.2, 0.25) is 0 Å². The van der Waals surface area contributed by atoms with E-state index in [1.807, 2.05) is 6.07 Å². The first-order chi connectivity index (χ1) is 6.43. The van der Waals surface area contributed by atoms with Crippen molar-refractivity contribution in [2.75, 3.05) is 6.26 Å². The quantitative estimate of drug-likeness (QED) is 0.536. The lowest BCUT2D eigenvalue weighted by Crippen LogP contribution is -2.31. The average molecular weight is 217 g/mol. The van der Waals surface area contributed by atoms with Crippen LogP contribution in [0.3, 0.4) is 0 Å². The Balaban J connectivity index is 0.000000292. The third-order valence-corrected chi connectivity index (χ3v) is 1.26. The molecular weight excluding hydrogens is 202 g/mol. The van der Waals surface area contributed by atoms with E-state index < -0.39 is 10.1 Å². The molecule has 4 nitrogen and oxygen atoms in total. The van der Waals surface area contributed by atoms with Crippen LogP contribution in [0.5, 0.6) is 0 Å². The zero-order chi connectivity index (χ0) is 11.0. The van der Waals surface area contributed by atoms with E-state index in [2.05, 4.69) is 36.0 Å². The van der Waals surface area contributed by atoms with Crippen LogP contribution in [-0.2, 0) is 16.7 Å². The predicted octanol–water partition coefficient (Wildman–Crippen LogP) is 0.546. The molecule has 0 saturated carbocycles. The van der Waals surface area contributed by atoms with Crippen LogP contribution in [0.4, 0.5) is 0 Å². The van der Waals surface area contributed by atoms with Gasteiger partial charge in [0.2, 0.25) is 0 Å². The number of rotatable bonds is 2. The van der Waals surface area contributed by atoms with Gasteiger partial charge in [0.05, 0.1) is 10.1 Å². The summed E-state index contributed by atoms with van der Waals surface area (Å²) in [5.74, 6) is 0. The standard InChI is InChI=1S/C8H12N.CH4O3S/c1-2-6-9-7-4-3-5-8-9;1-5(2,3)4/h3-5,7-8H,2,6H2,1H3;1H3,(H,2,3,4)/q+1;/p-1. The Kier molecular flexibility index (Phi) is 6.07. The van der Waals surface area contributed by atoms with E-state index in [0.29, 0.717) is 6.26 Å². The highest BCUT2D eigenvalue weighted by Crippen LogP contribution is 1.78. The molecule has 0 saturated heterocycles. The Morgan fingerprint density at radius 1 is 1.21 bits per heavy atom. The summed E-state index contributed by atoms with van der Waals surface area (Å²) in [4.78, 5) is 0. The highest BCUT2D eigenvalue weighted by Gasteiger charge is 1.90. The summed E-state index contributed by atoms with van der Waals surface area (Å²) < 4.78 is 29.4. The van der Waals surface area contributed by atoms with E-state index in [9.17, 15) is 0 Å². The van der Waals surface area contributed by atoms with E-state index in [-0.39, 0.29) is 0 Å². The van der Waals surface area contributed by atoms with Gasteiger partial charge in [0.1, 0.15) is 6.54 Å². The second kappa shape index (κ2) is 6.50. The topological polar surface area (TPSA) is 61.1 Å². The maximum atomic E-state index is 9.08. The lowest BCUT2D eigenvalue weighted by molar-refractivity contribution is -0.697. The summed E-state index contributed by atoms with van der Waals surface area (Å²) in [5, 5.41) is 0. The van der Waals surface area contributed by atoms with Crippen LogP contribution in [0, 0.1) is 0 Å². The molecule has 0 spiro atoms. The SMILES string of the molecule is CCC[n+]1ccccc1.CS(=O)(=O)[O-]. The summed E-state index contributed by atoms with van der Waals surface area (Å²) in [5.41, 5.74) is 0. The van der Waals surface area contributed by atoms with Gasteiger partial charge in [0.25, 0.3) is 0 Å². The van der Waals surface area contributed by atoms with Crippen molar-refractivity contribution >= 4 is 10.1 Å². The first-order valence-corrected chi connectivity index (χ1v) is 6.10. The predicted molar refractivity (Wildman–Crippen MR) is 52.5 cm³/mol. The molecule has 0 atom stereocenters. The third kappa shape index (κ3) is 11.1. The maximum Gasteiger partial charge on any atom is 0.168 e. The number of pyridine rings is 1. The fraction of sp³-hybridized carbons (Fsp3) is 0.444. The van der Waals surface area contributed by atoms with Gasteiger partial charge in [-0.05, 0) is 0 Å². The van der Waals surface area contributed by atoms with E-state index in [0.717, 1.165) is 6.54 Å². The first kappa shape index (κ1) is 13.1. The van der Waals surface area contributed by atoms with Crippen molar-refractivity contribution in [2.45, 2.75) is 19.9 Å². The highest BCUT2D eigenvalue weighted by molar-refractivity contribution is 7.84. The van der Waals surface area contributed by atoms with Crippen molar-refractivity contribution in [1.29, 1.82) is 0 Å². The molecule has 0 radical (unpaired) electrons. The summed E-state index contributed by atoms with van der Waals surface area (Å²) in [6, 6.07) is 6.14. The zero-order valence-electron chi connectivity index (χ0n) is 8.38. The first-order valence-electron chi connectivity index (χ1n) is 4.28. The molecule has 1 heterocycles. The smallest absolute Gasteiger partial charge is 0.168 e. The molecular formula is C9H15NO3S. The van der Waals surface area contributed by atoms with E-state index in [4.69, 9.17) is 13.0 Å². The molecule has 0 N–H and O–H groups in total. The molecule has 0 aliphatic rings. The lowest BCUT2D eigenvalue weighted by Gasteiger charge is -1.90. The molecule has 0 aliphatic carbocycles. The minimum Gasteiger partial charge on any atom is -0.748 e. The molecule has 0 aromatic carbocycles. The largest absolute Gasteiger partial charge is 0.748 e. The fourth-order valence-corrected chi connectivity index (χ4v) is 0.842. The molecule has 0 amide bonds. The summed E-state index contributed by atoms with van der Waals surface area (Å²) >= 11 is 0. The Labute approximate surface area is 85.0 Å². The lowest BCUT2D eigenvalue weighted by atomic mass is 10.4. The highest BCUT2D eigenvalue weighted by atomic mass is 32.2. The number of hydrogen-bond donors (Lipinski definition) is 0. The number of hydrogen-bond acceptors (Lipinski definition) is 3. The number of nitrogens with zero attached hydrogens (tertiary/aromatic N) is 1. The van der Waals surface area contributed by atoms with Gasteiger partial charge in [-0.25, -0.2) is 13.0 Å². The fourth-order valence-electron chi connectivity index (χ4n) is 0.842. The van der Waals surface area contributed by atoms with Gasteiger partial charge in [0, 0.05) is 24.8 Å². The van der Waals surface area contributed by atoms with E-state index >= 15 is 0 Å². The van der Waals surface area contributed by atoms with E-state index in [1.165, 1.54) is 6.42 Å². The van der Waals surface area contributed by atoms with Crippen molar-refractivity contribution in [3.05, 3.63) is 30.6 Å². The van der Waals surface area contributed by atoms with Gasteiger partial charge in [-0.1, -0.05) is 13.0 Å². The van der Waals surface area contributed by atoms with Crippen molar-refractivity contribution in [3.63, 3.8) is 0 Å². The van der Waals surface area contributed by atoms with Crippen LogP contribution in [0.25, 0.3) is 0 Å². The van der Waals surface area contributed by atoms with Gasteiger partial charge in [-0.2, -0.15) is 0 Å². The second-order valence-electron chi connectivity index (χ2n) is 2.82. The molecule has 1 aromatic rings. The minimum absolute atomic E-state index is 0.604. The Bertz CT molecular complexity index is 326. The van der Waals surface area contributed by atoms with E-state index in [1.54, 1.807) is 0 Å². The molecule has 0 unspecified atom stereocenters. The van der Waals surface area contributed by atoms with Crippen LogP contribution in [0.1, 0.15) is 13.3 Å². The van der Waals surface area contributed by atoms with Crippen LogP contribution < -0.4 is 4.57 Å². The monoisotopic (exact) mass is 217 g/mol. The van der Waals surface area contributed by atoms with Crippen molar-refractivity contribution < 1.29 is 17.5 Å². The Hall–Kier alpha value is -0.940. The van der Waals surface area contributed by atoms with Gasteiger partial charge in [0.15, 0.2) is 12.4 Å². The van der Waals surface area contributed by atoms with Crippen LogP contribution in [0.15, 0.2) is 30.6 Å². The van der Waals surface area contributed by atoms with Crippen molar-refractivity contribution in [1.82, 2.24) is 0 Å². The molecule has 1 rings (SSSR count). The van der Waals surface area contributed by atoms with Crippen LogP contribution >= 0.6 is 0 Å². The third-order valence-electron chi connectivity index (χ3n) is 1.26. The summed E-state index contributed by atoms with van der Waals surface area (Å²) in [6.07, 6.45) is 5.98. The Morgan fingerprint density at radius 3 is 2.00 bits per heavy atom.